The summed E-state index contributed by atoms with van der Waals surface area (Å²) >= 11 is 3.82. The summed E-state index contributed by atoms with van der Waals surface area (Å²) in [5.41, 5.74) is 2.39. The second-order valence-electron chi connectivity index (χ2n) is 7.57. The zero-order chi connectivity index (χ0) is 20.2. The zero-order valence-corrected chi connectivity index (χ0v) is 18.8. The summed E-state index contributed by atoms with van der Waals surface area (Å²) < 4.78 is 5.81. The molecule has 4 heteroatoms. The van der Waals surface area contributed by atoms with E-state index in [-0.39, 0.29) is 5.71 Å². The second kappa shape index (κ2) is 8.59. The van der Waals surface area contributed by atoms with Crippen molar-refractivity contribution in [3.8, 4) is 0 Å². The lowest BCUT2D eigenvalue weighted by atomic mass is 9.84. The third kappa shape index (κ3) is 4.21. The molecular weight excluding hydrogens is 431 g/mol. The van der Waals surface area contributed by atoms with Crippen LogP contribution in [0.3, 0.4) is 0 Å². The van der Waals surface area contributed by atoms with Gasteiger partial charge in [0.25, 0.3) is 0 Å². The Morgan fingerprint density at radius 1 is 0.714 bits per heavy atom. The van der Waals surface area contributed by atoms with E-state index in [9.17, 15) is 4.79 Å². The van der Waals surface area contributed by atoms with Gasteiger partial charge in [-0.15, -0.1) is 0 Å². The molecular formula is C24H24BrO2P. The van der Waals surface area contributed by atoms with E-state index in [0.717, 1.165) is 16.7 Å². The summed E-state index contributed by atoms with van der Waals surface area (Å²) in [4.78, 5) is 13.3. The van der Waals surface area contributed by atoms with Crippen LogP contribution in [0.2, 0.25) is 0 Å². The van der Waals surface area contributed by atoms with E-state index in [1.807, 2.05) is 75.4 Å². The molecule has 28 heavy (non-hydrogen) atoms. The first-order chi connectivity index (χ1) is 13.4. The molecule has 0 aliphatic heterocycles. The lowest BCUT2D eigenvalue weighted by Crippen LogP contribution is -2.31. The molecule has 0 amide bonds. The lowest BCUT2D eigenvalue weighted by molar-refractivity contribution is 0.0728. The summed E-state index contributed by atoms with van der Waals surface area (Å²) in [6.45, 7) is 4.27. The van der Waals surface area contributed by atoms with Crippen molar-refractivity contribution in [3.63, 3.8) is 0 Å². The first-order valence-corrected chi connectivity index (χ1v) is 12.6. The van der Waals surface area contributed by atoms with Crippen LogP contribution in [0.15, 0.2) is 91.0 Å². The molecule has 2 nitrogen and oxygen atoms in total. The topological polar surface area (TPSA) is 26.3 Å². The van der Waals surface area contributed by atoms with Gasteiger partial charge in [0.15, 0.2) is 0 Å². The van der Waals surface area contributed by atoms with Crippen LogP contribution in [0, 0.1) is 0 Å². The van der Waals surface area contributed by atoms with Crippen LogP contribution in [0.1, 0.15) is 37.5 Å². The maximum atomic E-state index is 13.3. The first kappa shape index (κ1) is 20.8. The Kier molecular flexibility index (Phi) is 6.37. The van der Waals surface area contributed by atoms with Crippen LogP contribution < -0.4 is 0 Å². The highest BCUT2D eigenvalue weighted by molar-refractivity contribution is 9.41. The fourth-order valence-electron chi connectivity index (χ4n) is 3.32. The molecule has 0 fully saturated rings. The van der Waals surface area contributed by atoms with Gasteiger partial charge in [0.05, 0.1) is 5.16 Å². The number of halogens is 1. The molecule has 0 heterocycles. The Hall–Kier alpha value is -1.96. The SMILES string of the molecule is CC(C)(C)OC(=O)P(Br)C(c1ccccc1)(c1ccccc1)c1ccccc1. The summed E-state index contributed by atoms with van der Waals surface area (Å²) in [6.07, 6.45) is 0. The van der Waals surface area contributed by atoms with Crippen LogP contribution in [-0.4, -0.2) is 11.3 Å². The number of carbonyl (C=O) groups excluding carboxylic acids is 1. The van der Waals surface area contributed by atoms with Crippen LogP contribution in [-0.2, 0) is 9.89 Å². The molecule has 0 saturated heterocycles. The average Bonchev–Trinajstić information content (AvgIpc) is 2.70. The van der Waals surface area contributed by atoms with Gasteiger partial charge in [-0.25, -0.2) is 4.79 Å². The van der Waals surface area contributed by atoms with E-state index >= 15 is 0 Å². The Labute approximate surface area is 176 Å². The van der Waals surface area contributed by atoms with Gasteiger partial charge in [-0.1, -0.05) is 91.0 Å². The second-order valence-corrected chi connectivity index (χ2v) is 11.3. The van der Waals surface area contributed by atoms with Crippen LogP contribution >= 0.6 is 22.1 Å². The van der Waals surface area contributed by atoms with E-state index in [1.54, 1.807) is 0 Å². The van der Waals surface area contributed by atoms with Crippen molar-refractivity contribution in [1.82, 2.24) is 0 Å². The number of hydrogen-bond donors (Lipinski definition) is 0. The molecule has 0 bridgehead atoms. The lowest BCUT2D eigenvalue weighted by Gasteiger charge is -2.39. The summed E-state index contributed by atoms with van der Waals surface area (Å²) in [6, 6.07) is 30.6. The van der Waals surface area contributed by atoms with E-state index in [2.05, 4.69) is 51.9 Å². The molecule has 0 aliphatic rings. The Morgan fingerprint density at radius 2 is 1.04 bits per heavy atom. The van der Waals surface area contributed by atoms with Crippen LogP contribution in [0.5, 0.6) is 0 Å². The van der Waals surface area contributed by atoms with Gasteiger partial charge in [-0.05, 0) is 53.0 Å². The molecule has 0 aliphatic carbocycles. The molecule has 1 atom stereocenters. The van der Waals surface area contributed by atoms with Gasteiger partial charge in [0, 0.05) is 0 Å². The Balaban J connectivity index is 2.30. The minimum Gasteiger partial charge on any atom is -0.456 e. The minimum atomic E-state index is -1.43. The quantitative estimate of drug-likeness (QED) is 0.291. The van der Waals surface area contributed by atoms with Gasteiger partial charge in [-0.2, -0.15) is 0 Å². The molecule has 0 aromatic heterocycles. The number of benzene rings is 3. The molecule has 0 spiro atoms. The Bertz CT molecular complexity index is 809. The highest BCUT2D eigenvalue weighted by atomic mass is 79.9. The molecule has 144 valence electrons. The van der Waals surface area contributed by atoms with Crippen LogP contribution in [0.4, 0.5) is 4.79 Å². The standard InChI is InChI=1S/C24H24BrO2P/c1-23(2,3)27-22(26)28(25)24(19-13-7-4-8-14-19,20-15-9-5-10-16-20)21-17-11-6-12-18-21/h4-18H,1-3H3. The highest BCUT2D eigenvalue weighted by Gasteiger charge is 2.47. The Morgan fingerprint density at radius 3 is 1.32 bits per heavy atom. The molecule has 0 saturated carbocycles. The number of ether oxygens (including phenoxy) is 1. The maximum Gasteiger partial charge on any atom is 0.339 e. The van der Waals surface area contributed by atoms with Gasteiger partial charge in [-0.3, -0.25) is 0 Å². The third-order valence-corrected chi connectivity index (χ3v) is 8.66. The van der Waals surface area contributed by atoms with Crippen molar-refractivity contribution in [2.75, 3.05) is 0 Å². The molecule has 1 unspecified atom stereocenters. The summed E-state index contributed by atoms with van der Waals surface area (Å²) in [5.74, 6) is 0. The maximum absolute atomic E-state index is 13.3. The number of rotatable bonds is 5. The first-order valence-electron chi connectivity index (χ1n) is 9.21. The monoisotopic (exact) mass is 454 g/mol. The molecule has 0 radical (unpaired) electrons. The summed E-state index contributed by atoms with van der Waals surface area (Å²) in [5, 5.41) is -0.665. The third-order valence-electron chi connectivity index (χ3n) is 4.42. The predicted octanol–water partition coefficient (Wildman–Crippen LogP) is 7.71. The van der Waals surface area contributed by atoms with E-state index in [4.69, 9.17) is 4.74 Å². The normalized spacial score (nSPS) is 13.0. The smallest absolute Gasteiger partial charge is 0.339 e. The zero-order valence-electron chi connectivity index (χ0n) is 16.3. The number of carbonyl (C=O) groups is 1. The summed E-state index contributed by atoms with van der Waals surface area (Å²) in [7, 11) is 0. The van der Waals surface area contributed by atoms with Crippen molar-refractivity contribution in [2.45, 2.75) is 31.5 Å². The van der Waals surface area contributed by atoms with Crippen molar-refractivity contribution >= 4 is 27.8 Å². The predicted molar refractivity (Wildman–Crippen MR) is 121 cm³/mol. The van der Waals surface area contributed by atoms with E-state index in [1.165, 1.54) is 0 Å². The number of hydrogen-bond acceptors (Lipinski definition) is 2. The van der Waals surface area contributed by atoms with Gasteiger partial charge < -0.3 is 4.74 Å². The molecule has 3 aromatic rings. The van der Waals surface area contributed by atoms with Gasteiger partial charge in [0.2, 0.25) is 0 Å². The van der Waals surface area contributed by atoms with Crippen molar-refractivity contribution in [1.29, 1.82) is 0 Å². The minimum absolute atomic E-state index is 0.223. The van der Waals surface area contributed by atoms with Crippen molar-refractivity contribution < 1.29 is 9.53 Å². The van der Waals surface area contributed by atoms with E-state index < -0.39 is 17.4 Å². The van der Waals surface area contributed by atoms with E-state index in [0.29, 0.717) is 0 Å². The highest BCUT2D eigenvalue weighted by Crippen LogP contribution is 2.68. The van der Waals surface area contributed by atoms with Crippen molar-refractivity contribution in [2.24, 2.45) is 0 Å². The fraction of sp³-hybridized carbons (Fsp3) is 0.208. The fourth-order valence-corrected chi connectivity index (χ4v) is 7.13. The largest absolute Gasteiger partial charge is 0.456 e. The van der Waals surface area contributed by atoms with Crippen molar-refractivity contribution in [3.05, 3.63) is 108 Å². The molecule has 3 aromatic carbocycles. The van der Waals surface area contributed by atoms with Gasteiger partial charge >= 0.3 is 5.71 Å². The van der Waals surface area contributed by atoms with Gasteiger partial charge in [0.1, 0.15) is 12.2 Å². The van der Waals surface area contributed by atoms with Crippen LogP contribution in [0.25, 0.3) is 0 Å². The average molecular weight is 455 g/mol. The molecule has 3 rings (SSSR count). The molecule has 0 N–H and O–H groups in total.